The molecule has 1 aliphatic heterocycles. The van der Waals surface area contributed by atoms with E-state index in [-0.39, 0.29) is 18.9 Å². The highest BCUT2D eigenvalue weighted by atomic mass is 19.3. The fraction of sp³-hybridized carbons (Fsp3) is 0.833. The lowest BCUT2D eigenvalue weighted by Gasteiger charge is -2.37. The minimum Gasteiger partial charge on any atom is -0.379 e. The van der Waals surface area contributed by atoms with Gasteiger partial charge in [-0.15, -0.1) is 0 Å². The molecule has 1 saturated heterocycles. The first-order chi connectivity index (χ1) is 11.6. The number of alkyl halides is 2. The van der Waals surface area contributed by atoms with Crippen molar-refractivity contribution < 1.29 is 13.5 Å². The Hall–Kier alpha value is -1.01. The van der Waals surface area contributed by atoms with Gasteiger partial charge < -0.3 is 4.74 Å². The predicted octanol–water partition coefficient (Wildman–Crippen LogP) is 3.36. The number of ether oxygens (including phenoxy) is 1. The lowest BCUT2D eigenvalue weighted by molar-refractivity contribution is -0.0520. The third-order valence-electron chi connectivity index (χ3n) is 6.48. The maximum atomic E-state index is 13.4. The summed E-state index contributed by atoms with van der Waals surface area (Å²) >= 11 is 0. The smallest absolute Gasteiger partial charge is 0.248 e. The number of fused-ring (bicyclic) bond motifs is 1. The normalized spacial score (nSPS) is 37.5. The van der Waals surface area contributed by atoms with Crippen LogP contribution in [0.15, 0.2) is 18.5 Å². The molecule has 0 spiro atoms. The van der Waals surface area contributed by atoms with E-state index in [4.69, 9.17) is 4.74 Å². The summed E-state index contributed by atoms with van der Waals surface area (Å²) in [7, 11) is 1.79. The van der Waals surface area contributed by atoms with Crippen LogP contribution in [0.3, 0.4) is 0 Å². The fourth-order valence-electron chi connectivity index (χ4n) is 5.12. The Morgan fingerprint density at radius 2 is 1.83 bits per heavy atom. The molecule has 4 atom stereocenters. The lowest BCUT2D eigenvalue weighted by Crippen LogP contribution is -2.39. The van der Waals surface area contributed by atoms with Crippen molar-refractivity contribution in [2.24, 2.45) is 11.8 Å². The Labute approximate surface area is 142 Å². The second-order valence-corrected chi connectivity index (χ2v) is 7.86. The molecule has 0 unspecified atom stereocenters. The summed E-state index contributed by atoms with van der Waals surface area (Å²) in [5.74, 6) is -1.17. The monoisotopic (exact) mass is 339 g/mol. The van der Waals surface area contributed by atoms with Crippen molar-refractivity contribution in [2.45, 2.75) is 62.6 Å². The third kappa shape index (κ3) is 3.10. The summed E-state index contributed by atoms with van der Waals surface area (Å²) in [6.45, 7) is 2.10. The van der Waals surface area contributed by atoms with Gasteiger partial charge in [-0.05, 0) is 43.6 Å². The maximum absolute atomic E-state index is 13.4. The van der Waals surface area contributed by atoms with Gasteiger partial charge in [0.25, 0.3) is 0 Å². The predicted molar refractivity (Wildman–Crippen MR) is 87.1 cm³/mol. The molecule has 1 aromatic heterocycles. The molecule has 24 heavy (non-hydrogen) atoms. The van der Waals surface area contributed by atoms with Crippen molar-refractivity contribution in [1.29, 1.82) is 0 Å². The van der Waals surface area contributed by atoms with E-state index in [2.05, 4.69) is 10.00 Å². The van der Waals surface area contributed by atoms with Gasteiger partial charge in [0.05, 0.1) is 12.1 Å². The molecule has 3 aliphatic rings. The average Bonchev–Trinajstić information content (AvgIpc) is 3.22. The molecule has 3 fully saturated rings. The zero-order valence-electron chi connectivity index (χ0n) is 14.3. The van der Waals surface area contributed by atoms with Crippen LogP contribution in [-0.2, 0) is 4.74 Å². The standard InChI is InChI=1S/C18H27F2N3O/c1-24-17-10-14-12-22(15-3-5-18(19,20)6-4-15)11-13(14)9-16(17)23-8-2-7-21-23/h2,7-8,13-17H,3-6,9-12H2,1H3/t13-,14+,16-,17-/m0/s1. The summed E-state index contributed by atoms with van der Waals surface area (Å²) < 4.78 is 34.6. The Bertz CT molecular complexity index is 540. The second-order valence-electron chi connectivity index (χ2n) is 7.86. The van der Waals surface area contributed by atoms with E-state index in [1.165, 1.54) is 0 Å². The van der Waals surface area contributed by atoms with Gasteiger partial charge in [0, 0.05) is 51.5 Å². The Kier molecular flexibility index (Phi) is 4.37. The van der Waals surface area contributed by atoms with E-state index in [0.29, 0.717) is 36.8 Å². The highest BCUT2D eigenvalue weighted by Gasteiger charge is 2.46. The zero-order chi connectivity index (χ0) is 16.7. The summed E-state index contributed by atoms with van der Waals surface area (Å²) in [6.07, 6.45) is 7.55. The first kappa shape index (κ1) is 16.5. The number of aromatic nitrogens is 2. The lowest BCUT2D eigenvalue weighted by atomic mass is 9.77. The third-order valence-corrected chi connectivity index (χ3v) is 6.48. The van der Waals surface area contributed by atoms with Crippen molar-refractivity contribution in [1.82, 2.24) is 14.7 Å². The van der Waals surface area contributed by atoms with E-state index in [1.54, 1.807) is 7.11 Å². The largest absolute Gasteiger partial charge is 0.379 e. The van der Waals surface area contributed by atoms with Crippen LogP contribution in [0.2, 0.25) is 0 Å². The SMILES string of the molecule is CO[C@H]1C[C@@H]2CN(C3CCC(F)(F)CC3)C[C@@H]2C[C@@H]1n1cccn1. The zero-order valence-corrected chi connectivity index (χ0v) is 14.3. The van der Waals surface area contributed by atoms with Crippen LogP contribution < -0.4 is 0 Å². The molecular weight excluding hydrogens is 312 g/mol. The summed E-state index contributed by atoms with van der Waals surface area (Å²) in [6, 6.07) is 2.60. The van der Waals surface area contributed by atoms with Crippen LogP contribution in [0.1, 0.15) is 44.6 Å². The molecule has 1 aromatic rings. The summed E-state index contributed by atoms with van der Waals surface area (Å²) in [4.78, 5) is 2.49. The average molecular weight is 339 g/mol. The van der Waals surface area contributed by atoms with Crippen molar-refractivity contribution in [3.8, 4) is 0 Å². The van der Waals surface area contributed by atoms with Gasteiger partial charge in [-0.1, -0.05) is 0 Å². The van der Waals surface area contributed by atoms with E-state index < -0.39 is 5.92 Å². The first-order valence-corrected chi connectivity index (χ1v) is 9.19. The van der Waals surface area contributed by atoms with Crippen molar-refractivity contribution in [2.75, 3.05) is 20.2 Å². The minimum absolute atomic E-state index is 0.0557. The van der Waals surface area contributed by atoms with Gasteiger partial charge in [0.1, 0.15) is 0 Å². The molecule has 0 radical (unpaired) electrons. The molecule has 4 nitrogen and oxygen atoms in total. The summed E-state index contributed by atoms with van der Waals surface area (Å²) in [5, 5.41) is 4.42. The van der Waals surface area contributed by atoms with Crippen LogP contribution in [0.4, 0.5) is 8.78 Å². The molecule has 0 bridgehead atoms. The van der Waals surface area contributed by atoms with Crippen LogP contribution in [-0.4, -0.2) is 52.9 Å². The Balaban J connectivity index is 1.42. The maximum Gasteiger partial charge on any atom is 0.248 e. The van der Waals surface area contributed by atoms with Crippen LogP contribution in [0.5, 0.6) is 0 Å². The van der Waals surface area contributed by atoms with E-state index in [9.17, 15) is 8.78 Å². The van der Waals surface area contributed by atoms with Gasteiger partial charge in [-0.25, -0.2) is 8.78 Å². The molecule has 2 saturated carbocycles. The number of nitrogens with zero attached hydrogens (tertiary/aromatic N) is 3. The quantitative estimate of drug-likeness (QED) is 0.846. The fourth-order valence-corrected chi connectivity index (χ4v) is 5.12. The molecule has 0 N–H and O–H groups in total. The van der Waals surface area contributed by atoms with Gasteiger partial charge >= 0.3 is 0 Å². The topological polar surface area (TPSA) is 30.3 Å². The minimum atomic E-state index is -2.44. The number of hydrogen-bond donors (Lipinski definition) is 0. The Morgan fingerprint density at radius 3 is 2.46 bits per heavy atom. The van der Waals surface area contributed by atoms with Crippen molar-refractivity contribution in [3.63, 3.8) is 0 Å². The van der Waals surface area contributed by atoms with E-state index in [0.717, 1.165) is 25.9 Å². The number of halogens is 2. The van der Waals surface area contributed by atoms with Gasteiger partial charge in [-0.2, -0.15) is 5.10 Å². The number of rotatable bonds is 3. The van der Waals surface area contributed by atoms with Crippen LogP contribution in [0.25, 0.3) is 0 Å². The summed E-state index contributed by atoms with van der Waals surface area (Å²) in [5.41, 5.74) is 0. The molecule has 2 aliphatic carbocycles. The second kappa shape index (κ2) is 6.37. The van der Waals surface area contributed by atoms with Gasteiger partial charge in [0.15, 0.2) is 0 Å². The molecule has 0 aromatic carbocycles. The van der Waals surface area contributed by atoms with Crippen molar-refractivity contribution >= 4 is 0 Å². The van der Waals surface area contributed by atoms with Gasteiger partial charge in [0.2, 0.25) is 5.92 Å². The number of likely N-dealkylation sites (tertiary alicyclic amines) is 1. The van der Waals surface area contributed by atoms with E-state index >= 15 is 0 Å². The number of hydrogen-bond acceptors (Lipinski definition) is 3. The Morgan fingerprint density at radius 1 is 1.12 bits per heavy atom. The van der Waals surface area contributed by atoms with Gasteiger partial charge in [-0.3, -0.25) is 9.58 Å². The van der Waals surface area contributed by atoms with Crippen LogP contribution >= 0.6 is 0 Å². The molecular formula is C18H27F2N3O. The molecule has 2 heterocycles. The highest BCUT2D eigenvalue weighted by molar-refractivity contribution is 4.98. The molecule has 0 amide bonds. The van der Waals surface area contributed by atoms with E-state index in [1.807, 2.05) is 23.1 Å². The van der Waals surface area contributed by atoms with Crippen LogP contribution in [0, 0.1) is 11.8 Å². The molecule has 134 valence electrons. The molecule has 4 rings (SSSR count). The van der Waals surface area contributed by atoms with Crippen molar-refractivity contribution in [3.05, 3.63) is 18.5 Å². The first-order valence-electron chi connectivity index (χ1n) is 9.19. The molecule has 6 heteroatoms. The highest BCUT2D eigenvalue weighted by Crippen LogP contribution is 2.44. The number of methoxy groups -OCH3 is 1.